The Kier molecular flexibility index (Phi) is 4.09. The van der Waals surface area contributed by atoms with Crippen molar-refractivity contribution in [1.29, 1.82) is 0 Å². The molecule has 2 rings (SSSR count). The van der Waals surface area contributed by atoms with E-state index in [0.29, 0.717) is 16.2 Å². The average Bonchev–Trinajstić information content (AvgIpc) is 2.36. The van der Waals surface area contributed by atoms with E-state index >= 15 is 0 Å². The van der Waals surface area contributed by atoms with Gasteiger partial charge in [-0.1, -0.05) is 0 Å². The normalized spacial score (nSPS) is 10.6. The quantitative estimate of drug-likeness (QED) is 0.638. The lowest BCUT2D eigenvalue weighted by molar-refractivity contribution is 0.490. The molecule has 0 saturated heterocycles. The van der Waals surface area contributed by atoms with Crippen LogP contribution in [-0.2, 0) is 6.54 Å². The molecule has 0 aliphatic heterocycles. The zero-order chi connectivity index (χ0) is 14.0. The van der Waals surface area contributed by atoms with Crippen LogP contribution in [0.5, 0.6) is 0 Å². The topological polar surface area (TPSA) is 12.0 Å². The number of halogens is 5. The summed E-state index contributed by atoms with van der Waals surface area (Å²) in [5.74, 6) is -3.69. The van der Waals surface area contributed by atoms with Crippen LogP contribution in [-0.4, -0.2) is 0 Å². The Balaban J connectivity index is 2.19. The number of benzene rings is 2. The summed E-state index contributed by atoms with van der Waals surface area (Å²) in [6, 6.07) is 5.20. The minimum Gasteiger partial charge on any atom is -0.380 e. The molecule has 0 bridgehead atoms. The second-order valence-corrected chi connectivity index (χ2v) is 4.69. The molecule has 0 aromatic heterocycles. The van der Waals surface area contributed by atoms with Gasteiger partial charge in [-0.3, -0.25) is 0 Å². The monoisotopic (exact) mass is 333 g/mol. The smallest absolute Gasteiger partial charge is 0.161 e. The van der Waals surface area contributed by atoms with Crippen LogP contribution in [0.4, 0.5) is 23.2 Å². The van der Waals surface area contributed by atoms with Crippen LogP contribution >= 0.6 is 15.9 Å². The van der Waals surface area contributed by atoms with Crippen LogP contribution in [0.1, 0.15) is 5.56 Å². The minimum atomic E-state index is -1.24. The molecule has 0 aliphatic rings. The van der Waals surface area contributed by atoms with Crippen LogP contribution in [0, 0.1) is 23.3 Å². The van der Waals surface area contributed by atoms with Gasteiger partial charge in [0.25, 0.3) is 0 Å². The Labute approximate surface area is 115 Å². The first kappa shape index (κ1) is 13.9. The highest BCUT2D eigenvalue weighted by Crippen LogP contribution is 2.24. The lowest BCUT2D eigenvalue weighted by Crippen LogP contribution is -2.04. The minimum absolute atomic E-state index is 0.0462. The maximum atomic E-state index is 13.4. The molecule has 1 nitrogen and oxygen atoms in total. The fourth-order valence-corrected chi connectivity index (χ4v) is 1.91. The van der Waals surface area contributed by atoms with E-state index in [-0.39, 0.29) is 12.1 Å². The van der Waals surface area contributed by atoms with Crippen molar-refractivity contribution in [2.24, 2.45) is 0 Å². The number of nitrogens with one attached hydrogen (secondary N) is 1. The lowest BCUT2D eigenvalue weighted by atomic mass is 10.2. The van der Waals surface area contributed by atoms with Gasteiger partial charge in [0, 0.05) is 22.6 Å². The Hall–Kier alpha value is -1.56. The second kappa shape index (κ2) is 5.61. The van der Waals surface area contributed by atoms with Crippen molar-refractivity contribution in [2.75, 3.05) is 5.32 Å². The van der Waals surface area contributed by atoms with Gasteiger partial charge in [0.2, 0.25) is 0 Å². The first-order valence-electron chi connectivity index (χ1n) is 5.29. The van der Waals surface area contributed by atoms with E-state index < -0.39 is 23.3 Å². The molecular formula is C13H8BrF4N. The lowest BCUT2D eigenvalue weighted by Gasteiger charge is -2.10. The van der Waals surface area contributed by atoms with E-state index in [1.807, 2.05) is 0 Å². The van der Waals surface area contributed by atoms with Gasteiger partial charge in [0.15, 0.2) is 11.6 Å². The summed E-state index contributed by atoms with van der Waals surface area (Å²) in [5.41, 5.74) is 0.346. The third-order valence-corrected chi connectivity index (χ3v) is 3.18. The average molecular weight is 334 g/mol. The highest BCUT2D eigenvalue weighted by atomic mass is 79.9. The molecule has 19 heavy (non-hydrogen) atoms. The number of hydrogen-bond donors (Lipinski definition) is 1. The summed E-state index contributed by atoms with van der Waals surface area (Å²) in [6.07, 6.45) is 0. The third kappa shape index (κ3) is 3.26. The molecule has 0 atom stereocenters. The van der Waals surface area contributed by atoms with Crippen LogP contribution in [0.25, 0.3) is 0 Å². The summed E-state index contributed by atoms with van der Waals surface area (Å²) in [4.78, 5) is 0. The molecular weight excluding hydrogens is 326 g/mol. The van der Waals surface area contributed by atoms with Crippen molar-refractivity contribution in [1.82, 2.24) is 0 Å². The van der Waals surface area contributed by atoms with Gasteiger partial charge in [-0.15, -0.1) is 0 Å². The van der Waals surface area contributed by atoms with Gasteiger partial charge in [-0.05, 0) is 40.2 Å². The standard InChI is InChI=1S/C13H8BrF4N/c14-9-2-1-8(15)4-13(9)19-6-7-3-11(17)12(18)5-10(7)16/h1-5,19H,6H2. The van der Waals surface area contributed by atoms with Crippen molar-refractivity contribution in [3.05, 3.63) is 63.6 Å². The summed E-state index contributed by atoms with van der Waals surface area (Å²) >= 11 is 3.19. The zero-order valence-electron chi connectivity index (χ0n) is 9.48. The molecule has 2 aromatic rings. The van der Waals surface area contributed by atoms with E-state index in [4.69, 9.17) is 0 Å². The molecule has 0 fully saturated rings. The Morgan fingerprint density at radius 3 is 2.32 bits per heavy atom. The molecule has 0 saturated carbocycles. The highest BCUT2D eigenvalue weighted by molar-refractivity contribution is 9.10. The summed E-state index contributed by atoms with van der Waals surface area (Å²) in [5, 5.41) is 2.74. The molecule has 2 aromatic carbocycles. The molecule has 0 amide bonds. The zero-order valence-corrected chi connectivity index (χ0v) is 11.1. The Morgan fingerprint density at radius 1 is 0.895 bits per heavy atom. The third-order valence-electron chi connectivity index (χ3n) is 2.49. The molecule has 0 radical (unpaired) electrons. The fraction of sp³-hybridized carbons (Fsp3) is 0.0769. The van der Waals surface area contributed by atoms with Gasteiger partial charge in [0.1, 0.15) is 11.6 Å². The second-order valence-electron chi connectivity index (χ2n) is 3.84. The van der Waals surface area contributed by atoms with Crippen molar-refractivity contribution in [3.63, 3.8) is 0 Å². The Morgan fingerprint density at radius 2 is 1.58 bits per heavy atom. The van der Waals surface area contributed by atoms with E-state index in [0.717, 1.165) is 6.07 Å². The largest absolute Gasteiger partial charge is 0.380 e. The van der Waals surface area contributed by atoms with Gasteiger partial charge in [0.05, 0.1) is 5.69 Å². The maximum absolute atomic E-state index is 13.4. The van der Waals surface area contributed by atoms with Gasteiger partial charge in [-0.25, -0.2) is 17.6 Å². The van der Waals surface area contributed by atoms with Crippen LogP contribution in [0.15, 0.2) is 34.8 Å². The molecule has 0 unspecified atom stereocenters. The van der Waals surface area contributed by atoms with Crippen molar-refractivity contribution in [3.8, 4) is 0 Å². The van der Waals surface area contributed by atoms with Gasteiger partial charge < -0.3 is 5.32 Å². The van der Waals surface area contributed by atoms with Crippen molar-refractivity contribution in [2.45, 2.75) is 6.54 Å². The maximum Gasteiger partial charge on any atom is 0.161 e. The van der Waals surface area contributed by atoms with E-state index in [9.17, 15) is 17.6 Å². The molecule has 1 N–H and O–H groups in total. The summed E-state index contributed by atoms with van der Waals surface area (Å²) < 4.78 is 52.7. The fourth-order valence-electron chi connectivity index (χ4n) is 1.52. The first-order chi connectivity index (χ1) is 8.97. The van der Waals surface area contributed by atoms with Crippen LogP contribution in [0.3, 0.4) is 0 Å². The number of anilines is 1. The van der Waals surface area contributed by atoms with Crippen molar-refractivity contribution < 1.29 is 17.6 Å². The van der Waals surface area contributed by atoms with Crippen molar-refractivity contribution >= 4 is 21.6 Å². The first-order valence-corrected chi connectivity index (χ1v) is 6.09. The van der Waals surface area contributed by atoms with Crippen LogP contribution < -0.4 is 5.32 Å². The molecule has 0 aliphatic carbocycles. The number of hydrogen-bond acceptors (Lipinski definition) is 1. The summed E-state index contributed by atoms with van der Waals surface area (Å²) in [7, 11) is 0. The molecule has 100 valence electrons. The summed E-state index contributed by atoms with van der Waals surface area (Å²) in [6.45, 7) is -0.0922. The Bertz CT molecular complexity index is 616. The SMILES string of the molecule is Fc1ccc(Br)c(NCc2cc(F)c(F)cc2F)c1. The predicted octanol–water partition coefficient (Wildman–Crippen LogP) is 4.62. The molecule has 0 heterocycles. The predicted molar refractivity (Wildman–Crippen MR) is 67.7 cm³/mol. The highest BCUT2D eigenvalue weighted by Gasteiger charge is 2.10. The van der Waals surface area contributed by atoms with E-state index in [1.54, 1.807) is 0 Å². The van der Waals surface area contributed by atoms with Gasteiger partial charge in [-0.2, -0.15) is 0 Å². The molecule has 6 heteroatoms. The molecule has 0 spiro atoms. The van der Waals surface area contributed by atoms with Gasteiger partial charge >= 0.3 is 0 Å². The van der Waals surface area contributed by atoms with Crippen LogP contribution in [0.2, 0.25) is 0 Å². The van der Waals surface area contributed by atoms with E-state index in [2.05, 4.69) is 21.2 Å². The number of rotatable bonds is 3. The van der Waals surface area contributed by atoms with E-state index in [1.165, 1.54) is 18.2 Å².